The summed E-state index contributed by atoms with van der Waals surface area (Å²) in [5, 5.41) is 0. The van der Waals surface area contributed by atoms with E-state index in [4.69, 9.17) is 9.97 Å². The van der Waals surface area contributed by atoms with Gasteiger partial charge in [-0.2, -0.15) is 12.6 Å². The molecule has 2 aromatic carbocycles. The third kappa shape index (κ3) is 3.42. The molecule has 0 unspecified atom stereocenters. The first kappa shape index (κ1) is 15.7. The summed E-state index contributed by atoms with van der Waals surface area (Å²) in [4.78, 5) is 14.1. The fourth-order valence-electron chi connectivity index (χ4n) is 2.18. The van der Waals surface area contributed by atoms with E-state index >= 15 is 0 Å². The fraction of sp³-hybridized carbons (Fsp3) is 0.211. The lowest BCUT2D eigenvalue weighted by molar-refractivity contribution is 0.555. The summed E-state index contributed by atoms with van der Waals surface area (Å²) in [5.41, 5.74) is 1.76. The van der Waals surface area contributed by atoms with E-state index in [1.54, 1.807) is 0 Å². The molecule has 3 aromatic rings. The Morgan fingerprint density at radius 3 is 1.57 bits per heavy atom. The van der Waals surface area contributed by atoms with Gasteiger partial charge in [-0.1, -0.05) is 74.5 Å². The molecule has 0 aliphatic heterocycles. The Labute approximate surface area is 142 Å². The van der Waals surface area contributed by atoms with Crippen LogP contribution in [0.4, 0.5) is 0 Å². The molecule has 0 saturated heterocycles. The van der Waals surface area contributed by atoms with Crippen LogP contribution in [0.25, 0.3) is 22.8 Å². The van der Waals surface area contributed by atoms with Crippen molar-refractivity contribution in [2.24, 2.45) is 0 Å². The maximum Gasteiger partial charge on any atom is 0.163 e. The average molecular weight is 321 g/mol. The van der Waals surface area contributed by atoms with Gasteiger partial charge in [-0.15, -0.1) is 0 Å². The number of thiol groups is 1. The van der Waals surface area contributed by atoms with Crippen LogP contribution < -0.4 is 0 Å². The third-order valence-corrected chi connectivity index (χ3v) is 4.49. The van der Waals surface area contributed by atoms with Gasteiger partial charge in [0.15, 0.2) is 11.6 Å². The van der Waals surface area contributed by atoms with E-state index in [1.807, 2.05) is 60.7 Å². The minimum atomic E-state index is -0.223. The van der Waals surface area contributed by atoms with Gasteiger partial charge in [0.2, 0.25) is 0 Å². The molecule has 0 spiro atoms. The van der Waals surface area contributed by atoms with Crippen molar-refractivity contribution in [1.82, 2.24) is 15.0 Å². The first-order valence-corrected chi connectivity index (χ1v) is 8.22. The second-order valence-electron chi connectivity index (χ2n) is 6.08. The highest BCUT2D eigenvalue weighted by Crippen LogP contribution is 2.26. The van der Waals surface area contributed by atoms with Gasteiger partial charge in [-0.3, -0.25) is 0 Å². The Kier molecular flexibility index (Phi) is 4.44. The molecule has 0 aliphatic carbocycles. The van der Waals surface area contributed by atoms with Crippen LogP contribution in [0.5, 0.6) is 0 Å². The highest BCUT2D eigenvalue weighted by molar-refractivity contribution is 7.80. The van der Waals surface area contributed by atoms with Crippen LogP contribution in [0.3, 0.4) is 0 Å². The summed E-state index contributed by atoms with van der Waals surface area (Å²) in [5.74, 6) is 2.83. The Balaban J connectivity index is 2.19. The van der Waals surface area contributed by atoms with Gasteiger partial charge in [-0.25, -0.2) is 15.0 Å². The molecule has 1 aromatic heterocycles. The molecule has 0 radical (unpaired) electrons. The molecule has 0 aliphatic rings. The standard InChI is InChI=1S/C19H19N3S/c1-19(2,13-23)18-21-16(14-9-5-3-6-10-14)20-17(22-18)15-11-7-4-8-12-15/h3-12,23H,13H2,1-2H3. The van der Waals surface area contributed by atoms with Crippen molar-refractivity contribution in [3.63, 3.8) is 0 Å². The fourth-order valence-corrected chi connectivity index (χ4v) is 2.32. The van der Waals surface area contributed by atoms with Gasteiger partial charge in [0, 0.05) is 22.3 Å². The first-order valence-electron chi connectivity index (χ1n) is 7.58. The third-order valence-electron chi connectivity index (χ3n) is 3.70. The highest BCUT2D eigenvalue weighted by Gasteiger charge is 2.24. The molecule has 1 heterocycles. The highest BCUT2D eigenvalue weighted by atomic mass is 32.1. The SMILES string of the molecule is CC(C)(CS)c1nc(-c2ccccc2)nc(-c2ccccc2)n1. The number of benzene rings is 2. The molecular formula is C19H19N3S. The van der Waals surface area contributed by atoms with E-state index in [0.29, 0.717) is 17.4 Å². The zero-order valence-corrected chi connectivity index (χ0v) is 14.2. The number of rotatable bonds is 4. The molecule has 0 amide bonds. The van der Waals surface area contributed by atoms with E-state index in [9.17, 15) is 0 Å². The molecule has 0 atom stereocenters. The van der Waals surface area contributed by atoms with Gasteiger partial charge >= 0.3 is 0 Å². The van der Waals surface area contributed by atoms with Crippen LogP contribution in [0.15, 0.2) is 60.7 Å². The summed E-state index contributed by atoms with van der Waals surface area (Å²) in [6.45, 7) is 4.19. The first-order chi connectivity index (χ1) is 11.1. The lowest BCUT2D eigenvalue weighted by Crippen LogP contribution is -2.24. The molecule has 0 fully saturated rings. The molecule has 23 heavy (non-hydrogen) atoms. The van der Waals surface area contributed by atoms with Crippen LogP contribution in [-0.4, -0.2) is 20.7 Å². The predicted octanol–water partition coefficient (Wildman–Crippen LogP) is 4.41. The van der Waals surface area contributed by atoms with Crippen molar-refractivity contribution < 1.29 is 0 Å². The number of aromatic nitrogens is 3. The molecular weight excluding hydrogens is 302 g/mol. The van der Waals surface area contributed by atoms with E-state index in [1.165, 1.54) is 0 Å². The van der Waals surface area contributed by atoms with E-state index in [-0.39, 0.29) is 5.41 Å². The van der Waals surface area contributed by atoms with Crippen molar-refractivity contribution in [1.29, 1.82) is 0 Å². The molecule has 0 N–H and O–H groups in total. The number of hydrogen-bond acceptors (Lipinski definition) is 4. The van der Waals surface area contributed by atoms with Crippen LogP contribution in [-0.2, 0) is 5.41 Å². The Morgan fingerprint density at radius 2 is 1.17 bits per heavy atom. The van der Waals surface area contributed by atoms with Crippen LogP contribution in [0.2, 0.25) is 0 Å². The zero-order valence-electron chi connectivity index (χ0n) is 13.3. The zero-order chi connectivity index (χ0) is 16.3. The Morgan fingerprint density at radius 1 is 0.739 bits per heavy atom. The van der Waals surface area contributed by atoms with E-state index < -0.39 is 0 Å². The topological polar surface area (TPSA) is 38.7 Å². The van der Waals surface area contributed by atoms with Crippen molar-refractivity contribution >= 4 is 12.6 Å². The molecule has 0 saturated carbocycles. The predicted molar refractivity (Wildman–Crippen MR) is 97.6 cm³/mol. The smallest absolute Gasteiger partial charge is 0.163 e. The minimum absolute atomic E-state index is 0.223. The van der Waals surface area contributed by atoms with Crippen LogP contribution in [0.1, 0.15) is 19.7 Å². The second-order valence-corrected chi connectivity index (χ2v) is 6.40. The Bertz CT molecular complexity index is 728. The molecule has 4 heteroatoms. The van der Waals surface area contributed by atoms with Gasteiger partial charge in [0.1, 0.15) is 5.82 Å². The molecule has 116 valence electrons. The molecule has 3 nitrogen and oxygen atoms in total. The van der Waals surface area contributed by atoms with Crippen molar-refractivity contribution in [2.45, 2.75) is 19.3 Å². The number of nitrogens with zero attached hydrogens (tertiary/aromatic N) is 3. The summed E-state index contributed by atoms with van der Waals surface area (Å²) in [6.07, 6.45) is 0. The van der Waals surface area contributed by atoms with E-state index in [0.717, 1.165) is 17.0 Å². The lowest BCUT2D eigenvalue weighted by atomic mass is 9.95. The van der Waals surface area contributed by atoms with Gasteiger partial charge < -0.3 is 0 Å². The van der Waals surface area contributed by atoms with Gasteiger partial charge in [0.05, 0.1) is 0 Å². The minimum Gasteiger partial charge on any atom is -0.212 e. The Hall–Kier alpha value is -2.20. The average Bonchev–Trinajstić information content (AvgIpc) is 2.63. The van der Waals surface area contributed by atoms with Gasteiger partial charge in [0.25, 0.3) is 0 Å². The summed E-state index contributed by atoms with van der Waals surface area (Å²) in [7, 11) is 0. The maximum absolute atomic E-state index is 4.70. The van der Waals surface area contributed by atoms with Crippen molar-refractivity contribution in [3.05, 3.63) is 66.5 Å². The normalized spacial score (nSPS) is 11.4. The maximum atomic E-state index is 4.70. The quantitative estimate of drug-likeness (QED) is 0.723. The lowest BCUT2D eigenvalue weighted by Gasteiger charge is -2.21. The van der Waals surface area contributed by atoms with Crippen LogP contribution in [0, 0.1) is 0 Å². The molecule has 0 bridgehead atoms. The molecule has 3 rings (SSSR count). The largest absolute Gasteiger partial charge is 0.212 e. The van der Waals surface area contributed by atoms with Crippen LogP contribution >= 0.6 is 12.6 Å². The summed E-state index contributed by atoms with van der Waals surface area (Å²) in [6, 6.07) is 20.0. The number of hydrogen-bond donors (Lipinski definition) is 1. The van der Waals surface area contributed by atoms with E-state index in [2.05, 4.69) is 31.5 Å². The second kappa shape index (κ2) is 6.50. The van der Waals surface area contributed by atoms with Gasteiger partial charge in [-0.05, 0) is 0 Å². The monoisotopic (exact) mass is 321 g/mol. The summed E-state index contributed by atoms with van der Waals surface area (Å²) < 4.78 is 0. The van der Waals surface area contributed by atoms with Crippen molar-refractivity contribution in [2.75, 3.05) is 5.75 Å². The summed E-state index contributed by atoms with van der Waals surface area (Å²) >= 11 is 4.46. The van der Waals surface area contributed by atoms with Crippen molar-refractivity contribution in [3.8, 4) is 22.8 Å².